The lowest BCUT2D eigenvalue weighted by Gasteiger charge is -2.20. The van der Waals surface area contributed by atoms with Gasteiger partial charge in [0.05, 0.1) is 6.07 Å². The summed E-state index contributed by atoms with van der Waals surface area (Å²) in [6.45, 7) is 1.64. The fourth-order valence-corrected chi connectivity index (χ4v) is 2.28. The Kier molecular flexibility index (Phi) is 6.63. The van der Waals surface area contributed by atoms with Crippen LogP contribution < -0.4 is 15.0 Å². The zero-order chi connectivity index (χ0) is 20.0. The quantitative estimate of drug-likeness (QED) is 0.795. The molecule has 0 unspecified atom stereocenters. The van der Waals surface area contributed by atoms with Crippen molar-refractivity contribution < 1.29 is 14.3 Å². The molecule has 2 rings (SSSR count). The van der Waals surface area contributed by atoms with Crippen LogP contribution in [0.2, 0.25) is 5.02 Å². The maximum absolute atomic E-state index is 12.6. The normalized spacial score (nSPS) is 9.89. The number of urea groups is 1. The van der Waals surface area contributed by atoms with E-state index < -0.39 is 6.09 Å². The lowest BCUT2D eigenvalue weighted by molar-refractivity contribution is 0.208. The summed E-state index contributed by atoms with van der Waals surface area (Å²) in [5.74, 6) is 0.234. The summed E-state index contributed by atoms with van der Waals surface area (Å²) in [6, 6.07) is 13.1. The summed E-state index contributed by atoms with van der Waals surface area (Å²) < 4.78 is 5.36. The molecular formula is C19H19ClN4O3. The van der Waals surface area contributed by atoms with Crippen molar-refractivity contribution in [1.82, 2.24) is 4.90 Å². The molecule has 0 bridgehead atoms. The first-order valence-electron chi connectivity index (χ1n) is 8.02. The Bertz CT molecular complexity index is 893. The molecule has 0 aliphatic carbocycles. The van der Waals surface area contributed by atoms with E-state index in [9.17, 15) is 9.59 Å². The Morgan fingerprint density at radius 1 is 1.22 bits per heavy atom. The number of amides is 3. The number of nitriles is 1. The maximum atomic E-state index is 12.6. The second kappa shape index (κ2) is 8.92. The fourth-order valence-electron chi connectivity index (χ4n) is 2.11. The van der Waals surface area contributed by atoms with Crippen LogP contribution in [0.1, 0.15) is 5.56 Å². The summed E-state index contributed by atoms with van der Waals surface area (Å²) in [5, 5.41) is 12.2. The van der Waals surface area contributed by atoms with E-state index in [0.29, 0.717) is 16.4 Å². The number of anilines is 2. The van der Waals surface area contributed by atoms with E-state index in [2.05, 4.69) is 5.32 Å². The van der Waals surface area contributed by atoms with E-state index in [-0.39, 0.29) is 18.3 Å². The largest absolute Gasteiger partial charge is 0.420 e. The number of hydrogen-bond donors (Lipinski definition) is 1. The Morgan fingerprint density at radius 3 is 2.59 bits per heavy atom. The third-order valence-corrected chi connectivity index (χ3v) is 4.02. The van der Waals surface area contributed by atoms with Crippen molar-refractivity contribution in [2.24, 2.45) is 0 Å². The van der Waals surface area contributed by atoms with Gasteiger partial charge in [-0.3, -0.25) is 4.90 Å². The minimum Gasteiger partial charge on any atom is -0.410 e. The van der Waals surface area contributed by atoms with E-state index in [1.54, 1.807) is 50.5 Å². The highest BCUT2D eigenvalue weighted by Gasteiger charge is 2.19. The Balaban J connectivity index is 2.19. The molecule has 0 spiro atoms. The number of halogens is 1. The van der Waals surface area contributed by atoms with Crippen LogP contribution >= 0.6 is 11.6 Å². The number of rotatable bonds is 4. The summed E-state index contributed by atoms with van der Waals surface area (Å²) in [4.78, 5) is 26.8. The molecule has 0 radical (unpaired) electrons. The minimum absolute atomic E-state index is 0.199. The Morgan fingerprint density at radius 2 is 1.96 bits per heavy atom. The number of nitrogens with one attached hydrogen (secondary N) is 1. The molecule has 140 valence electrons. The van der Waals surface area contributed by atoms with Gasteiger partial charge in [0, 0.05) is 36.6 Å². The van der Waals surface area contributed by atoms with Crippen molar-refractivity contribution in [2.45, 2.75) is 6.92 Å². The van der Waals surface area contributed by atoms with Crippen LogP contribution in [0.3, 0.4) is 0 Å². The first kappa shape index (κ1) is 20.1. The van der Waals surface area contributed by atoms with Gasteiger partial charge in [-0.1, -0.05) is 23.7 Å². The van der Waals surface area contributed by atoms with Gasteiger partial charge in [-0.15, -0.1) is 0 Å². The topological polar surface area (TPSA) is 85.7 Å². The van der Waals surface area contributed by atoms with Gasteiger partial charge < -0.3 is 15.0 Å². The number of aryl methyl sites for hydroxylation is 1. The van der Waals surface area contributed by atoms with Crippen LogP contribution in [0, 0.1) is 18.3 Å². The summed E-state index contributed by atoms with van der Waals surface area (Å²) >= 11 is 6.11. The van der Waals surface area contributed by atoms with Gasteiger partial charge in [0.2, 0.25) is 0 Å². The van der Waals surface area contributed by atoms with Crippen molar-refractivity contribution in [3.8, 4) is 11.8 Å². The van der Waals surface area contributed by atoms with Gasteiger partial charge in [-0.2, -0.15) is 5.26 Å². The first-order valence-corrected chi connectivity index (χ1v) is 8.40. The third kappa shape index (κ3) is 5.36. The lowest BCUT2D eigenvalue weighted by atomic mass is 10.2. The van der Waals surface area contributed by atoms with Crippen molar-refractivity contribution in [2.75, 3.05) is 30.9 Å². The van der Waals surface area contributed by atoms with Crippen molar-refractivity contribution in [1.29, 1.82) is 5.26 Å². The van der Waals surface area contributed by atoms with Gasteiger partial charge in [-0.05, 0) is 36.8 Å². The zero-order valence-corrected chi connectivity index (χ0v) is 15.9. The van der Waals surface area contributed by atoms with Crippen LogP contribution in [0.15, 0.2) is 42.5 Å². The number of benzene rings is 2. The predicted octanol–water partition coefficient (Wildman–Crippen LogP) is 4.27. The molecule has 2 aromatic rings. The maximum Gasteiger partial charge on any atom is 0.420 e. The molecule has 0 heterocycles. The second-order valence-electron chi connectivity index (χ2n) is 5.90. The van der Waals surface area contributed by atoms with Gasteiger partial charge in [0.15, 0.2) is 0 Å². The molecule has 3 amide bonds. The molecule has 0 atom stereocenters. The Hall–Kier alpha value is -3.24. The summed E-state index contributed by atoms with van der Waals surface area (Å²) in [7, 11) is 3.23. The fraction of sp³-hybridized carbons (Fsp3) is 0.211. The number of carbonyl (C=O) groups is 2. The van der Waals surface area contributed by atoms with Crippen molar-refractivity contribution in [3.05, 3.63) is 53.1 Å². The SMILES string of the molecule is Cc1ccc(N(CC#N)C(=O)Oc2cccc(NC(=O)N(C)C)c2)cc1Cl. The number of hydrogen-bond acceptors (Lipinski definition) is 4. The van der Waals surface area contributed by atoms with Gasteiger partial charge in [0.25, 0.3) is 0 Å². The van der Waals surface area contributed by atoms with E-state index in [4.69, 9.17) is 21.6 Å². The van der Waals surface area contributed by atoms with E-state index in [1.165, 1.54) is 15.9 Å². The monoisotopic (exact) mass is 386 g/mol. The number of nitrogens with zero attached hydrogens (tertiary/aromatic N) is 3. The molecule has 1 N–H and O–H groups in total. The number of ether oxygens (including phenoxy) is 1. The molecule has 0 aromatic heterocycles. The van der Waals surface area contributed by atoms with E-state index >= 15 is 0 Å². The molecule has 27 heavy (non-hydrogen) atoms. The summed E-state index contributed by atoms with van der Waals surface area (Å²) in [5.41, 5.74) is 1.79. The van der Waals surface area contributed by atoms with Crippen molar-refractivity contribution in [3.63, 3.8) is 0 Å². The minimum atomic E-state index is -0.729. The molecule has 0 fully saturated rings. The van der Waals surface area contributed by atoms with E-state index in [1.807, 2.05) is 13.0 Å². The highest BCUT2D eigenvalue weighted by Crippen LogP contribution is 2.25. The third-order valence-electron chi connectivity index (χ3n) is 3.61. The average molecular weight is 387 g/mol. The van der Waals surface area contributed by atoms with Crippen LogP contribution in [-0.2, 0) is 0 Å². The van der Waals surface area contributed by atoms with E-state index in [0.717, 1.165) is 5.56 Å². The molecule has 8 heteroatoms. The molecule has 0 aliphatic heterocycles. The van der Waals surface area contributed by atoms with Gasteiger partial charge in [0.1, 0.15) is 12.3 Å². The standard InChI is InChI=1S/C19H19ClN4O3/c1-13-7-8-15(12-17(13)20)24(10-9-21)19(26)27-16-6-4-5-14(11-16)22-18(25)23(2)3/h4-8,11-12H,10H2,1-3H3,(H,22,25). The molecular weight excluding hydrogens is 368 g/mol. The molecule has 0 aliphatic rings. The molecule has 7 nitrogen and oxygen atoms in total. The van der Waals surface area contributed by atoms with Crippen molar-refractivity contribution >= 4 is 35.1 Å². The van der Waals surface area contributed by atoms with Crippen LogP contribution in [0.25, 0.3) is 0 Å². The Labute approximate surface area is 162 Å². The zero-order valence-electron chi connectivity index (χ0n) is 15.2. The highest BCUT2D eigenvalue weighted by atomic mass is 35.5. The molecule has 0 saturated heterocycles. The second-order valence-corrected chi connectivity index (χ2v) is 6.31. The lowest BCUT2D eigenvalue weighted by Crippen LogP contribution is -2.34. The average Bonchev–Trinajstić information content (AvgIpc) is 2.62. The summed E-state index contributed by atoms with van der Waals surface area (Å²) in [6.07, 6.45) is -0.729. The smallest absolute Gasteiger partial charge is 0.410 e. The molecule has 2 aromatic carbocycles. The first-order chi connectivity index (χ1) is 12.8. The number of carbonyl (C=O) groups excluding carboxylic acids is 2. The van der Waals surface area contributed by atoms with Gasteiger partial charge in [-0.25, -0.2) is 9.59 Å². The highest BCUT2D eigenvalue weighted by molar-refractivity contribution is 6.31. The molecule has 0 saturated carbocycles. The van der Waals surface area contributed by atoms with Gasteiger partial charge >= 0.3 is 12.1 Å². The predicted molar refractivity (Wildman–Crippen MR) is 104 cm³/mol. The van der Waals surface area contributed by atoms with Crippen LogP contribution in [0.4, 0.5) is 21.0 Å². The van der Waals surface area contributed by atoms with Crippen LogP contribution in [-0.4, -0.2) is 37.7 Å². The van der Waals surface area contributed by atoms with Crippen LogP contribution in [0.5, 0.6) is 5.75 Å².